The molecule has 1 saturated heterocycles. The summed E-state index contributed by atoms with van der Waals surface area (Å²) in [6.45, 7) is 0.114. The Kier molecular flexibility index (Phi) is 6.20. The Labute approximate surface area is 217 Å². The van der Waals surface area contributed by atoms with Crippen LogP contribution < -0.4 is 4.90 Å². The lowest BCUT2D eigenvalue weighted by atomic mass is 9.77. The summed E-state index contributed by atoms with van der Waals surface area (Å²) in [5.41, 5.74) is -7.52. The monoisotopic (exact) mass is 577 g/mol. The van der Waals surface area contributed by atoms with Crippen LogP contribution in [0.4, 0.5) is 40.9 Å². The summed E-state index contributed by atoms with van der Waals surface area (Å²) in [4.78, 5) is 1.40. The van der Waals surface area contributed by atoms with Crippen LogP contribution in [0.1, 0.15) is 29.5 Å². The van der Waals surface area contributed by atoms with Crippen molar-refractivity contribution in [3.63, 3.8) is 0 Å². The number of aryl methyl sites for hydroxylation is 1. The van der Waals surface area contributed by atoms with Gasteiger partial charge >= 0.3 is 18.0 Å². The maximum atomic E-state index is 14.9. The van der Waals surface area contributed by atoms with Gasteiger partial charge in [-0.05, 0) is 66.8 Å². The van der Waals surface area contributed by atoms with Gasteiger partial charge in [-0.1, -0.05) is 18.2 Å². The van der Waals surface area contributed by atoms with E-state index in [-0.39, 0.29) is 41.8 Å². The minimum Gasteiger partial charge on any atom is -0.350 e. The molecule has 2 aromatic carbocycles. The molecule has 2 aliphatic rings. The van der Waals surface area contributed by atoms with E-state index in [0.29, 0.717) is 18.0 Å². The molecule has 0 N–H and O–H groups in total. The molecule has 1 aliphatic carbocycles. The molecule has 0 saturated carbocycles. The van der Waals surface area contributed by atoms with Gasteiger partial charge in [0.15, 0.2) is 15.7 Å². The third-order valence-electron chi connectivity index (χ3n) is 7.52. The predicted octanol–water partition coefficient (Wildman–Crippen LogP) is 5.80. The topological polar surface area (TPSA) is 63.2 Å². The van der Waals surface area contributed by atoms with Crippen molar-refractivity contribution in [3.8, 4) is 0 Å². The molecule has 39 heavy (non-hydrogen) atoms. The van der Waals surface area contributed by atoms with E-state index in [0.717, 1.165) is 30.3 Å². The van der Waals surface area contributed by atoms with Crippen molar-refractivity contribution in [2.75, 3.05) is 11.4 Å². The van der Waals surface area contributed by atoms with E-state index in [1.54, 1.807) is 17.0 Å². The van der Waals surface area contributed by atoms with Crippen molar-refractivity contribution in [1.82, 2.24) is 10.2 Å². The first kappa shape index (κ1) is 27.3. The standard InChI is InChI=1S/C25H19F8N3O2S/c26-17-5-7-18(8-6-17)39(37,38)22-11-13-36(21-2-1-12-34-35-21)20(22)10-3-15-14-16(4-9-19(15)22)23(27,24(28,29)30)25(31,32)33/h1-2,4-9,12,14,20H,3,10-11,13H2/t20-,22-/m1/s1. The van der Waals surface area contributed by atoms with E-state index in [1.165, 1.54) is 6.20 Å². The quantitative estimate of drug-likeness (QED) is 0.290. The van der Waals surface area contributed by atoms with Crippen LogP contribution in [-0.4, -0.2) is 43.6 Å². The van der Waals surface area contributed by atoms with E-state index in [1.807, 2.05) is 0 Å². The lowest BCUT2D eigenvalue weighted by molar-refractivity contribution is -0.348. The third kappa shape index (κ3) is 3.89. The number of fused-ring (bicyclic) bond motifs is 3. The van der Waals surface area contributed by atoms with Crippen molar-refractivity contribution in [2.24, 2.45) is 0 Å². The fraction of sp³-hybridized carbons (Fsp3) is 0.360. The molecule has 2 atom stereocenters. The lowest BCUT2D eigenvalue weighted by Crippen LogP contribution is -2.52. The second kappa shape index (κ2) is 8.86. The van der Waals surface area contributed by atoms with Gasteiger partial charge in [0.2, 0.25) is 0 Å². The number of rotatable bonds is 4. The highest BCUT2D eigenvalue weighted by Crippen LogP contribution is 2.57. The summed E-state index contributed by atoms with van der Waals surface area (Å²) in [5, 5.41) is 7.85. The van der Waals surface area contributed by atoms with Crippen LogP contribution in [0, 0.1) is 5.82 Å². The second-order valence-corrected chi connectivity index (χ2v) is 11.7. The number of nitrogens with zero attached hydrogens (tertiary/aromatic N) is 3. The van der Waals surface area contributed by atoms with Gasteiger partial charge < -0.3 is 4.90 Å². The molecule has 1 aliphatic heterocycles. The molecule has 208 valence electrons. The number of anilines is 1. The van der Waals surface area contributed by atoms with E-state index >= 15 is 0 Å². The Morgan fingerprint density at radius 3 is 2.18 bits per heavy atom. The van der Waals surface area contributed by atoms with Gasteiger partial charge in [0.25, 0.3) is 0 Å². The van der Waals surface area contributed by atoms with E-state index in [2.05, 4.69) is 10.2 Å². The van der Waals surface area contributed by atoms with E-state index < -0.39 is 50.0 Å². The van der Waals surface area contributed by atoms with Crippen molar-refractivity contribution in [1.29, 1.82) is 0 Å². The van der Waals surface area contributed by atoms with Crippen molar-refractivity contribution in [3.05, 3.63) is 83.3 Å². The Morgan fingerprint density at radius 1 is 0.923 bits per heavy atom. The lowest BCUT2D eigenvalue weighted by Gasteiger charge is -2.43. The highest BCUT2D eigenvalue weighted by atomic mass is 32.2. The molecule has 14 heteroatoms. The highest BCUT2D eigenvalue weighted by molar-refractivity contribution is 7.92. The minimum absolute atomic E-state index is 0.00915. The molecule has 5 rings (SSSR count). The molecule has 5 nitrogen and oxygen atoms in total. The summed E-state index contributed by atoms with van der Waals surface area (Å²) in [6, 6.07) is 7.93. The highest BCUT2D eigenvalue weighted by Gasteiger charge is 2.73. The zero-order valence-electron chi connectivity index (χ0n) is 19.8. The number of aromatic nitrogens is 2. The summed E-state index contributed by atoms with van der Waals surface area (Å²) in [5.74, 6) is -0.376. The normalized spacial score (nSPS) is 21.9. The SMILES string of the molecule is O=S(=O)(c1ccc(F)cc1)[C@@]12CCN(c3cccnn3)[C@@H]1CCc1cc(C(F)(C(F)(F)F)C(F)(F)F)ccc12. The molecular weight excluding hydrogens is 558 g/mol. The van der Waals surface area contributed by atoms with Crippen LogP contribution in [0.3, 0.4) is 0 Å². The van der Waals surface area contributed by atoms with Crippen molar-refractivity contribution >= 4 is 15.7 Å². The van der Waals surface area contributed by atoms with Crippen LogP contribution in [0.5, 0.6) is 0 Å². The molecule has 0 radical (unpaired) electrons. The van der Waals surface area contributed by atoms with Crippen LogP contribution in [0.15, 0.2) is 65.7 Å². The summed E-state index contributed by atoms with van der Waals surface area (Å²) in [7, 11) is -4.43. The first-order valence-corrected chi connectivity index (χ1v) is 13.1. The number of halogens is 8. The van der Waals surface area contributed by atoms with Gasteiger partial charge in [0, 0.05) is 18.3 Å². The summed E-state index contributed by atoms with van der Waals surface area (Å²) < 4.78 is 136. The average molecular weight is 577 g/mol. The molecule has 0 amide bonds. The molecule has 1 fully saturated rings. The van der Waals surface area contributed by atoms with Crippen LogP contribution in [-0.2, 0) is 26.7 Å². The van der Waals surface area contributed by atoms with Crippen LogP contribution >= 0.6 is 0 Å². The number of hydrogen-bond acceptors (Lipinski definition) is 5. The largest absolute Gasteiger partial charge is 0.435 e. The van der Waals surface area contributed by atoms with Crippen LogP contribution in [0.2, 0.25) is 0 Å². The first-order valence-electron chi connectivity index (χ1n) is 11.7. The Hall–Kier alpha value is -3.29. The first-order chi connectivity index (χ1) is 18.1. The van der Waals surface area contributed by atoms with Gasteiger partial charge in [-0.15, -0.1) is 5.10 Å². The zero-order chi connectivity index (χ0) is 28.4. The van der Waals surface area contributed by atoms with Gasteiger partial charge in [-0.25, -0.2) is 17.2 Å². The Morgan fingerprint density at radius 2 is 1.59 bits per heavy atom. The number of benzene rings is 2. The minimum atomic E-state index is -6.31. The fourth-order valence-electron chi connectivity index (χ4n) is 5.77. The van der Waals surface area contributed by atoms with E-state index in [9.17, 15) is 43.5 Å². The molecule has 2 heterocycles. The smallest absolute Gasteiger partial charge is 0.350 e. The Balaban J connectivity index is 1.73. The molecule has 0 bridgehead atoms. The average Bonchev–Trinajstić information content (AvgIpc) is 3.29. The van der Waals surface area contributed by atoms with Gasteiger partial charge in [0.05, 0.1) is 10.9 Å². The number of sulfone groups is 1. The molecule has 1 aromatic heterocycles. The molecule has 0 unspecified atom stereocenters. The van der Waals surface area contributed by atoms with Crippen LogP contribution in [0.25, 0.3) is 0 Å². The second-order valence-electron chi connectivity index (χ2n) is 9.45. The van der Waals surface area contributed by atoms with Gasteiger partial charge in [-0.3, -0.25) is 0 Å². The third-order valence-corrected chi connectivity index (χ3v) is 10.1. The number of hydrogen-bond donors (Lipinski definition) is 0. The summed E-state index contributed by atoms with van der Waals surface area (Å²) >= 11 is 0. The molecular formula is C25H19F8N3O2S. The van der Waals surface area contributed by atoms with Gasteiger partial charge in [0.1, 0.15) is 10.6 Å². The molecule has 3 aromatic rings. The fourth-order valence-corrected chi connectivity index (χ4v) is 8.14. The maximum Gasteiger partial charge on any atom is 0.435 e. The van der Waals surface area contributed by atoms with Gasteiger partial charge in [-0.2, -0.15) is 31.4 Å². The summed E-state index contributed by atoms with van der Waals surface area (Å²) in [6.07, 6.45) is -11.5. The predicted molar refractivity (Wildman–Crippen MR) is 123 cm³/mol. The molecule has 0 spiro atoms. The maximum absolute atomic E-state index is 14.9. The van der Waals surface area contributed by atoms with Crippen molar-refractivity contribution < 1.29 is 43.5 Å². The zero-order valence-corrected chi connectivity index (χ0v) is 20.6. The van der Waals surface area contributed by atoms with E-state index in [4.69, 9.17) is 0 Å². The van der Waals surface area contributed by atoms with Crippen molar-refractivity contribution in [2.45, 2.75) is 53.0 Å². The number of alkyl halides is 7. The Bertz CT molecular complexity index is 1480.